The van der Waals surface area contributed by atoms with Crippen LogP contribution in [0.5, 0.6) is 5.75 Å². The van der Waals surface area contributed by atoms with Gasteiger partial charge in [0, 0.05) is 12.6 Å². The molecule has 7 heteroatoms. The number of aromatic amines is 1. The number of phenols is 1. The number of nitrogens with zero attached hydrogens (tertiary/aromatic N) is 2. The van der Waals surface area contributed by atoms with E-state index < -0.39 is 10.0 Å². The summed E-state index contributed by atoms with van der Waals surface area (Å²) in [7, 11) is -3.57. The lowest BCUT2D eigenvalue weighted by molar-refractivity contribution is 0.395. The highest BCUT2D eigenvalue weighted by Gasteiger charge is 2.38. The minimum atomic E-state index is -3.57. The Hall–Kier alpha value is -1.86. The van der Waals surface area contributed by atoms with Crippen molar-refractivity contribution >= 4 is 10.0 Å². The fourth-order valence-electron chi connectivity index (χ4n) is 2.12. The molecule has 0 aliphatic heterocycles. The summed E-state index contributed by atoms with van der Waals surface area (Å²) >= 11 is 0. The van der Waals surface area contributed by atoms with E-state index in [1.165, 1.54) is 16.8 Å². The molecule has 0 saturated heterocycles. The third kappa shape index (κ3) is 2.54. The standard InChI is InChI=1S/C13H15N3O3S/c17-12-3-1-2-10(6-12)8-16(11-4-5-11)20(18,19)13-7-14-9-15-13/h1-3,6-7,9,11,17H,4-5,8H2,(H,14,15). The smallest absolute Gasteiger partial charge is 0.260 e. The molecule has 0 amide bonds. The minimum Gasteiger partial charge on any atom is -0.508 e. The van der Waals surface area contributed by atoms with Gasteiger partial charge in [-0.15, -0.1) is 0 Å². The number of phenolic OH excluding ortho intramolecular Hbond substituents is 1. The minimum absolute atomic E-state index is 0.0330. The molecule has 20 heavy (non-hydrogen) atoms. The predicted octanol–water partition coefficient (Wildman–Crippen LogP) is 1.47. The average Bonchev–Trinajstić information content (AvgIpc) is 3.08. The average molecular weight is 293 g/mol. The maximum Gasteiger partial charge on any atom is 0.260 e. The second-order valence-electron chi connectivity index (χ2n) is 4.87. The zero-order valence-electron chi connectivity index (χ0n) is 10.7. The molecule has 2 N–H and O–H groups in total. The lowest BCUT2D eigenvalue weighted by atomic mass is 10.2. The van der Waals surface area contributed by atoms with Crippen molar-refractivity contribution in [1.82, 2.24) is 14.3 Å². The number of benzene rings is 1. The fourth-order valence-corrected chi connectivity index (χ4v) is 3.69. The maximum absolute atomic E-state index is 12.6. The summed E-state index contributed by atoms with van der Waals surface area (Å²) in [4.78, 5) is 6.42. The zero-order valence-corrected chi connectivity index (χ0v) is 11.5. The Balaban J connectivity index is 1.90. The van der Waals surface area contributed by atoms with Crippen molar-refractivity contribution in [2.24, 2.45) is 0 Å². The summed E-state index contributed by atoms with van der Waals surface area (Å²) in [6, 6.07) is 6.69. The van der Waals surface area contributed by atoms with Crippen molar-refractivity contribution in [1.29, 1.82) is 0 Å². The van der Waals surface area contributed by atoms with E-state index in [2.05, 4.69) is 9.97 Å². The third-order valence-corrected chi connectivity index (χ3v) is 5.09. The van der Waals surface area contributed by atoms with Crippen LogP contribution in [0.25, 0.3) is 0 Å². The molecule has 1 aliphatic rings. The number of aromatic nitrogens is 2. The van der Waals surface area contributed by atoms with Crippen molar-refractivity contribution in [2.45, 2.75) is 30.5 Å². The van der Waals surface area contributed by atoms with E-state index in [0.29, 0.717) is 0 Å². The van der Waals surface area contributed by atoms with Crippen molar-refractivity contribution in [3.05, 3.63) is 42.4 Å². The molecule has 1 fully saturated rings. The van der Waals surface area contributed by atoms with Gasteiger partial charge in [0.25, 0.3) is 10.0 Å². The highest BCUT2D eigenvalue weighted by atomic mass is 32.2. The maximum atomic E-state index is 12.6. The second kappa shape index (κ2) is 4.92. The highest BCUT2D eigenvalue weighted by Crippen LogP contribution is 2.33. The fraction of sp³-hybridized carbons (Fsp3) is 0.308. The van der Waals surface area contributed by atoms with Gasteiger partial charge in [0.2, 0.25) is 0 Å². The Morgan fingerprint density at radius 2 is 2.20 bits per heavy atom. The first kappa shape index (κ1) is 13.1. The number of hydrogen-bond donors (Lipinski definition) is 2. The van der Waals surface area contributed by atoms with Crippen LogP contribution in [0.3, 0.4) is 0 Å². The first-order valence-electron chi connectivity index (χ1n) is 6.35. The van der Waals surface area contributed by atoms with E-state index >= 15 is 0 Å². The number of rotatable bonds is 5. The van der Waals surface area contributed by atoms with Crippen molar-refractivity contribution in [3.8, 4) is 5.75 Å². The van der Waals surface area contributed by atoms with Crippen LogP contribution < -0.4 is 0 Å². The Morgan fingerprint density at radius 3 is 2.80 bits per heavy atom. The molecule has 1 heterocycles. The van der Waals surface area contributed by atoms with Gasteiger partial charge in [-0.25, -0.2) is 13.4 Å². The molecule has 3 rings (SSSR count). The topological polar surface area (TPSA) is 86.3 Å². The normalized spacial score (nSPS) is 15.7. The van der Waals surface area contributed by atoms with Gasteiger partial charge in [0.15, 0.2) is 5.03 Å². The van der Waals surface area contributed by atoms with Gasteiger partial charge < -0.3 is 10.1 Å². The van der Waals surface area contributed by atoms with Gasteiger partial charge in [0.1, 0.15) is 5.75 Å². The molecule has 0 unspecified atom stereocenters. The van der Waals surface area contributed by atoms with Crippen LogP contribution in [0.4, 0.5) is 0 Å². The molecule has 6 nitrogen and oxygen atoms in total. The Bertz CT molecular complexity index is 693. The van der Waals surface area contributed by atoms with Gasteiger partial charge in [0.05, 0.1) is 12.5 Å². The van der Waals surface area contributed by atoms with Crippen LogP contribution in [-0.4, -0.2) is 33.8 Å². The first-order valence-corrected chi connectivity index (χ1v) is 7.79. The van der Waals surface area contributed by atoms with Gasteiger partial charge in [-0.2, -0.15) is 4.31 Å². The van der Waals surface area contributed by atoms with E-state index in [1.807, 2.05) is 0 Å². The molecule has 1 aromatic carbocycles. The van der Waals surface area contributed by atoms with Crippen LogP contribution in [0.1, 0.15) is 18.4 Å². The molecule has 0 spiro atoms. The molecule has 1 aliphatic carbocycles. The van der Waals surface area contributed by atoms with Crippen molar-refractivity contribution in [2.75, 3.05) is 0 Å². The Labute approximate surface area is 117 Å². The van der Waals surface area contributed by atoms with Crippen LogP contribution in [0.15, 0.2) is 41.8 Å². The molecule has 0 bridgehead atoms. The largest absolute Gasteiger partial charge is 0.508 e. The molecule has 106 valence electrons. The van der Waals surface area contributed by atoms with Gasteiger partial charge in [-0.05, 0) is 30.5 Å². The third-order valence-electron chi connectivity index (χ3n) is 3.26. The van der Waals surface area contributed by atoms with Gasteiger partial charge in [-0.1, -0.05) is 12.1 Å². The molecule has 2 aromatic rings. The first-order chi connectivity index (χ1) is 9.57. The summed E-state index contributed by atoms with van der Waals surface area (Å²) in [5.74, 6) is 0.136. The lowest BCUT2D eigenvalue weighted by Gasteiger charge is -2.21. The molecule has 1 aromatic heterocycles. The number of hydrogen-bond acceptors (Lipinski definition) is 4. The van der Waals surface area contributed by atoms with Gasteiger partial charge in [-0.3, -0.25) is 0 Å². The van der Waals surface area contributed by atoms with E-state index in [4.69, 9.17) is 0 Å². The number of sulfonamides is 1. The van der Waals surface area contributed by atoms with Crippen molar-refractivity contribution < 1.29 is 13.5 Å². The predicted molar refractivity (Wildman–Crippen MR) is 72.4 cm³/mol. The second-order valence-corrected chi connectivity index (χ2v) is 6.73. The van der Waals surface area contributed by atoms with Crippen LogP contribution in [0.2, 0.25) is 0 Å². The number of aromatic hydroxyl groups is 1. The van der Waals surface area contributed by atoms with Crippen LogP contribution in [-0.2, 0) is 16.6 Å². The quantitative estimate of drug-likeness (QED) is 0.874. The summed E-state index contributed by atoms with van der Waals surface area (Å²) in [5.41, 5.74) is 0.764. The Morgan fingerprint density at radius 1 is 1.40 bits per heavy atom. The summed E-state index contributed by atoms with van der Waals surface area (Å²) in [6.45, 7) is 0.250. The summed E-state index contributed by atoms with van der Waals surface area (Å²) < 4.78 is 26.6. The zero-order chi connectivity index (χ0) is 14.2. The van der Waals surface area contributed by atoms with Crippen molar-refractivity contribution in [3.63, 3.8) is 0 Å². The molecule has 0 atom stereocenters. The van der Waals surface area contributed by atoms with E-state index in [1.54, 1.807) is 24.3 Å². The Kier molecular flexibility index (Phi) is 3.23. The highest BCUT2D eigenvalue weighted by molar-refractivity contribution is 7.89. The molecule has 1 saturated carbocycles. The summed E-state index contributed by atoms with van der Waals surface area (Å²) in [6.07, 6.45) is 4.40. The molecular weight excluding hydrogens is 278 g/mol. The summed E-state index contributed by atoms with van der Waals surface area (Å²) in [5, 5.41) is 9.58. The molecule has 0 radical (unpaired) electrons. The lowest BCUT2D eigenvalue weighted by Crippen LogP contribution is -2.32. The number of H-pyrrole nitrogens is 1. The molecular formula is C13H15N3O3S. The SMILES string of the molecule is O=S(=O)(c1cnc[nH]1)N(Cc1cccc(O)c1)C1CC1. The number of nitrogens with one attached hydrogen (secondary N) is 1. The van der Waals surface area contributed by atoms with E-state index in [-0.39, 0.29) is 23.4 Å². The monoisotopic (exact) mass is 293 g/mol. The number of imidazole rings is 1. The van der Waals surface area contributed by atoms with E-state index in [0.717, 1.165) is 18.4 Å². The van der Waals surface area contributed by atoms with E-state index in [9.17, 15) is 13.5 Å². The van der Waals surface area contributed by atoms with Crippen LogP contribution >= 0.6 is 0 Å². The van der Waals surface area contributed by atoms with Crippen LogP contribution in [0, 0.1) is 0 Å². The van der Waals surface area contributed by atoms with Gasteiger partial charge >= 0.3 is 0 Å².